The van der Waals surface area contributed by atoms with Crippen molar-refractivity contribution in [1.82, 2.24) is 9.13 Å². The Morgan fingerprint density at radius 2 is 0.698 bits per heavy atom. The lowest BCUT2D eigenvalue weighted by Crippen LogP contribution is -2.61. The SMILES string of the molecule is [2H]c1c([2H])c([2H])c2c(c1[2H])c1cc(CC(C)(C)C)ccc1n2-c1ccc2c(c1)N(c1c(-c3ccccc3)cc(C([2H])([2H])C(C)(C)C)cc1-c1ccccc1)c1cc(C(C)(C)C)cc3c1B2c1ccc(-n2c4ccc(C(C)(C)C)cc4c4c([2H])c([2H])c([2H])c([2H])c42)cc1N3c1c(-c2ccccc2)cc(C([2H])([2H])C(C)(C)C)cc1-c1ccccc1. The maximum Gasteiger partial charge on any atom is 0.252 e. The number of hydrogen-bond acceptors (Lipinski definition) is 2. The van der Waals surface area contributed by atoms with E-state index in [0.717, 1.165) is 112 Å². The Balaban J connectivity index is 1.10. The monoisotopic (exact) mass is 1390 g/mol. The predicted molar refractivity (Wildman–Crippen MR) is 458 cm³/mol. The molecule has 106 heavy (non-hydrogen) atoms. The first kappa shape index (κ1) is 55.6. The molecule has 0 bridgehead atoms. The van der Waals surface area contributed by atoms with Gasteiger partial charge in [-0.3, -0.25) is 0 Å². The van der Waals surface area contributed by atoms with Crippen molar-refractivity contribution in [2.24, 2.45) is 16.2 Å². The van der Waals surface area contributed by atoms with E-state index >= 15 is 0 Å². The Morgan fingerprint density at radius 3 is 1.08 bits per heavy atom. The van der Waals surface area contributed by atoms with Crippen LogP contribution < -0.4 is 26.2 Å². The Labute approximate surface area is 645 Å². The van der Waals surface area contributed by atoms with Gasteiger partial charge in [-0.25, -0.2) is 0 Å². The van der Waals surface area contributed by atoms with Crippen molar-refractivity contribution < 1.29 is 16.4 Å². The molecule has 0 N–H and O–H groups in total. The fraction of sp³-hybridized carbons (Fsp3) is 0.228. The summed E-state index contributed by atoms with van der Waals surface area (Å²) in [7, 11) is 0. The van der Waals surface area contributed by atoms with Crippen molar-refractivity contribution in [3.05, 3.63) is 307 Å². The highest BCUT2D eigenvalue weighted by molar-refractivity contribution is 7.00. The van der Waals surface area contributed by atoms with Gasteiger partial charge < -0.3 is 18.9 Å². The van der Waals surface area contributed by atoms with Gasteiger partial charge in [0.1, 0.15) is 0 Å². The molecule has 4 nitrogen and oxygen atoms in total. The maximum absolute atomic E-state index is 10.3. The number of anilines is 6. The zero-order valence-electron chi connectivity index (χ0n) is 75.5. The van der Waals surface area contributed by atoms with E-state index in [1.54, 1.807) is 0 Å². The lowest BCUT2D eigenvalue weighted by molar-refractivity contribution is 0.411. The first-order valence-electron chi connectivity index (χ1n) is 43.3. The van der Waals surface area contributed by atoms with E-state index in [1.807, 2.05) is 142 Å². The van der Waals surface area contributed by atoms with Crippen LogP contribution in [0.2, 0.25) is 0 Å². The van der Waals surface area contributed by atoms with Crippen molar-refractivity contribution >= 4 is 101 Å². The van der Waals surface area contributed by atoms with Gasteiger partial charge in [-0.05, 0) is 210 Å². The number of aromatic nitrogens is 2. The smallest absolute Gasteiger partial charge is 0.252 e. The molecule has 2 aliphatic heterocycles. The normalized spacial score (nSPS) is 15.2. The molecule has 17 rings (SSSR count). The van der Waals surface area contributed by atoms with Crippen molar-refractivity contribution in [3.8, 4) is 55.9 Å². The summed E-state index contributed by atoms with van der Waals surface area (Å²) in [6, 6.07) is 77.3. The summed E-state index contributed by atoms with van der Waals surface area (Å²) in [6.07, 6.45) is -3.07. The number of para-hydroxylation sites is 2. The molecule has 0 radical (unpaired) electrons. The van der Waals surface area contributed by atoms with Gasteiger partial charge in [0.15, 0.2) is 0 Å². The highest BCUT2D eigenvalue weighted by atomic mass is 15.2. The topological polar surface area (TPSA) is 16.3 Å². The largest absolute Gasteiger partial charge is 0.310 e. The molecule has 0 unspecified atom stereocenters. The maximum atomic E-state index is 10.3. The summed E-state index contributed by atoms with van der Waals surface area (Å²) in [5, 5.41) is 2.20. The fourth-order valence-corrected chi connectivity index (χ4v) is 16.5. The molecule has 2 aromatic heterocycles. The third-order valence-corrected chi connectivity index (χ3v) is 20.9. The van der Waals surface area contributed by atoms with Gasteiger partial charge in [0.2, 0.25) is 0 Å². The van der Waals surface area contributed by atoms with Crippen LogP contribution in [0.15, 0.2) is 279 Å². The Morgan fingerprint density at radius 1 is 0.321 bits per heavy atom. The second kappa shape index (κ2) is 25.4. The molecule has 4 heterocycles. The van der Waals surface area contributed by atoms with Gasteiger partial charge in [0.25, 0.3) is 6.71 Å². The van der Waals surface area contributed by atoms with Crippen LogP contribution in [-0.4, -0.2) is 15.8 Å². The van der Waals surface area contributed by atoms with Crippen molar-refractivity contribution in [1.29, 1.82) is 0 Å². The van der Waals surface area contributed by atoms with Crippen LogP contribution in [0, 0.1) is 16.2 Å². The summed E-state index contributed by atoms with van der Waals surface area (Å²) in [6.45, 7) is 30.7. The molecule has 0 saturated heterocycles. The fourth-order valence-electron chi connectivity index (χ4n) is 16.5. The highest BCUT2D eigenvalue weighted by Crippen LogP contribution is 2.55. The van der Waals surface area contributed by atoms with Crippen LogP contribution in [0.1, 0.15) is 148 Å². The molecule has 0 aliphatic carbocycles. The van der Waals surface area contributed by atoms with Gasteiger partial charge in [-0.2, -0.15) is 0 Å². The molecule has 0 atom stereocenters. The quantitative estimate of drug-likeness (QED) is 0.120. The van der Waals surface area contributed by atoms with Crippen molar-refractivity contribution in [2.75, 3.05) is 9.80 Å². The van der Waals surface area contributed by atoms with E-state index in [1.165, 1.54) is 0 Å². The third-order valence-electron chi connectivity index (χ3n) is 20.9. The zero-order valence-corrected chi connectivity index (χ0v) is 63.5. The van der Waals surface area contributed by atoms with E-state index in [0.29, 0.717) is 72.5 Å². The van der Waals surface area contributed by atoms with Crippen LogP contribution in [0.4, 0.5) is 34.1 Å². The number of benzene rings is 13. The summed E-state index contributed by atoms with van der Waals surface area (Å²) in [5.41, 5.74) is 18.1. The van der Waals surface area contributed by atoms with Crippen LogP contribution >= 0.6 is 0 Å². The minimum Gasteiger partial charge on any atom is -0.310 e. The minimum absolute atomic E-state index is 0.112. The van der Waals surface area contributed by atoms with Crippen molar-refractivity contribution in [3.63, 3.8) is 0 Å². The number of hydrogen-bond donors (Lipinski definition) is 0. The Hall–Kier alpha value is -10.9. The molecular weight excluding hydrogens is 1280 g/mol. The number of fused-ring (bicyclic) bond motifs is 10. The van der Waals surface area contributed by atoms with E-state index in [9.17, 15) is 16.4 Å². The van der Waals surface area contributed by atoms with E-state index in [-0.39, 0.29) is 59.2 Å². The minimum atomic E-state index is -1.89. The molecule has 5 heteroatoms. The molecule has 2 aliphatic rings. The van der Waals surface area contributed by atoms with Gasteiger partial charge in [0, 0.05) is 83.4 Å². The molecule has 0 fully saturated rings. The van der Waals surface area contributed by atoms with Crippen LogP contribution in [-0.2, 0) is 30.0 Å². The van der Waals surface area contributed by atoms with Gasteiger partial charge in [0.05, 0.1) is 44.4 Å². The predicted octanol–water partition coefficient (Wildman–Crippen LogP) is 26.0. The molecule has 0 amide bonds. The van der Waals surface area contributed by atoms with Gasteiger partial charge >= 0.3 is 0 Å². The van der Waals surface area contributed by atoms with E-state index in [4.69, 9.17) is 0 Å². The van der Waals surface area contributed by atoms with Crippen LogP contribution in [0.5, 0.6) is 0 Å². The number of rotatable bonds is 11. The molecule has 0 saturated carbocycles. The molecule has 524 valence electrons. The average molecular weight is 1390 g/mol. The summed E-state index contributed by atoms with van der Waals surface area (Å²) in [4.78, 5) is 4.81. The summed E-state index contributed by atoms with van der Waals surface area (Å²) >= 11 is 0. The molecular formula is C101H97BN4. The molecule has 15 aromatic rings. The van der Waals surface area contributed by atoms with Crippen LogP contribution in [0.3, 0.4) is 0 Å². The lowest BCUT2D eigenvalue weighted by atomic mass is 9.33. The Bertz CT molecular complexity index is 6510. The zero-order chi connectivity index (χ0) is 84.1. The van der Waals surface area contributed by atoms with Crippen molar-refractivity contribution in [2.45, 2.75) is 134 Å². The first-order valence-corrected chi connectivity index (χ1v) is 37.3. The van der Waals surface area contributed by atoms with E-state index in [2.05, 4.69) is 212 Å². The second-order valence-electron chi connectivity index (χ2n) is 34.5. The van der Waals surface area contributed by atoms with Gasteiger partial charge in [-0.1, -0.05) is 286 Å². The Kier molecular flexibility index (Phi) is 13.3. The molecule has 13 aromatic carbocycles. The second-order valence-corrected chi connectivity index (χ2v) is 34.5. The first-order chi connectivity index (χ1) is 55.6. The van der Waals surface area contributed by atoms with Gasteiger partial charge in [-0.15, -0.1) is 0 Å². The standard InChI is InChI=1S/C101H97BN4/c1-97(2,3)62-65-44-50-88-82(52-65)76-40-28-30-42-86(76)103(88)74-46-48-84-90(60-74)105(95-78(68-32-20-16-21-33-68)53-66(63-98(4,5)6)54-79(95)69-34-22-17-23-35-69)92-58-73(101(13,14)15)59-93-94(92)102(84)85-49-47-75(104-87-43-31-29-41-77(87)83-57-72(100(10,11)12)45-51-89(83)104)61-91(85)106(93)96-80(70-36-24-18-25-37-70)55-67(64-99(7,8)9)56-81(96)71-38-26-19-27-39-71/h16-61H,62-64H2,1-15H3/i28D,29D,30D,31D,40D,41D,42D,43D,63D2,64D2. The lowest BCUT2D eigenvalue weighted by Gasteiger charge is -2.46. The average Bonchev–Trinajstić information content (AvgIpc) is 0.703. The summed E-state index contributed by atoms with van der Waals surface area (Å²) in [5.74, 6) is 0. The van der Waals surface area contributed by atoms with E-state index < -0.39 is 35.7 Å². The summed E-state index contributed by atoms with van der Waals surface area (Å²) < 4.78 is 122. The third kappa shape index (κ3) is 12.2. The molecule has 0 spiro atoms. The van der Waals surface area contributed by atoms with Crippen LogP contribution in [0.25, 0.3) is 99.5 Å². The number of nitrogens with zero attached hydrogens (tertiary/aromatic N) is 4. The highest BCUT2D eigenvalue weighted by Gasteiger charge is 2.47.